The molecule has 196 valence electrons. The minimum atomic E-state index is -4.46. The molecule has 7 nitrogen and oxygen atoms in total. The average Bonchev–Trinajstić information content (AvgIpc) is 2.90. The smallest absolute Gasteiger partial charge is 0.416 e. The molecule has 10 heteroatoms. The molecular weight excluding hydrogens is 489 g/mol. The highest BCUT2D eigenvalue weighted by atomic mass is 19.4. The third kappa shape index (κ3) is 7.16. The standard InChI is InChI=1S/C27H27F3N2O5/c1-35-22-15-19(16-23(36-2)25(22)37-3)26(34)32(17-18-7-5-4-6-8-18)14-13-24(33)31-21-11-9-20(10-12-21)27(28,29)30/h4-12,15-16H,13-14,17H2,1-3H3,(H,31,33). The van der Waals surface area contributed by atoms with Crippen LogP contribution in [0, 0.1) is 0 Å². The molecule has 0 aliphatic carbocycles. The molecule has 3 aromatic rings. The van der Waals surface area contributed by atoms with Gasteiger partial charge in [-0.3, -0.25) is 9.59 Å². The summed E-state index contributed by atoms with van der Waals surface area (Å²) < 4.78 is 54.4. The van der Waals surface area contributed by atoms with E-state index in [1.165, 1.54) is 50.5 Å². The second kappa shape index (κ2) is 12.2. The molecule has 0 fully saturated rings. The Morgan fingerprint density at radius 1 is 0.865 bits per heavy atom. The third-order valence-electron chi connectivity index (χ3n) is 5.52. The summed E-state index contributed by atoms with van der Waals surface area (Å²) >= 11 is 0. The maximum atomic E-state index is 13.5. The Balaban J connectivity index is 1.78. The van der Waals surface area contributed by atoms with Crippen LogP contribution in [0.25, 0.3) is 0 Å². The minimum Gasteiger partial charge on any atom is -0.493 e. The van der Waals surface area contributed by atoms with Crippen LogP contribution in [0.1, 0.15) is 27.9 Å². The molecule has 0 aromatic heterocycles. The molecule has 1 N–H and O–H groups in total. The first-order chi connectivity index (χ1) is 17.7. The van der Waals surface area contributed by atoms with Crippen molar-refractivity contribution >= 4 is 17.5 Å². The van der Waals surface area contributed by atoms with Gasteiger partial charge in [0.2, 0.25) is 11.7 Å². The first-order valence-electron chi connectivity index (χ1n) is 11.3. The molecule has 37 heavy (non-hydrogen) atoms. The van der Waals surface area contributed by atoms with Gasteiger partial charge in [0.1, 0.15) is 0 Å². The first-order valence-corrected chi connectivity index (χ1v) is 11.3. The zero-order valence-corrected chi connectivity index (χ0v) is 20.6. The lowest BCUT2D eigenvalue weighted by atomic mass is 10.1. The van der Waals surface area contributed by atoms with E-state index in [-0.39, 0.29) is 36.7 Å². The van der Waals surface area contributed by atoms with Gasteiger partial charge in [-0.1, -0.05) is 30.3 Å². The number of amides is 2. The Bertz CT molecular complexity index is 1190. The van der Waals surface area contributed by atoms with Crippen molar-refractivity contribution in [2.45, 2.75) is 19.1 Å². The molecule has 0 saturated carbocycles. The number of carbonyl (C=O) groups is 2. The molecule has 3 rings (SSSR count). The summed E-state index contributed by atoms with van der Waals surface area (Å²) in [6, 6.07) is 16.5. The summed E-state index contributed by atoms with van der Waals surface area (Å²) in [5, 5.41) is 2.57. The van der Waals surface area contributed by atoms with E-state index >= 15 is 0 Å². The Labute approximate surface area is 212 Å². The summed E-state index contributed by atoms with van der Waals surface area (Å²) in [6.45, 7) is 0.279. The van der Waals surface area contributed by atoms with Crippen LogP contribution in [0.2, 0.25) is 0 Å². The summed E-state index contributed by atoms with van der Waals surface area (Å²) in [5.41, 5.74) is 0.541. The number of anilines is 1. The maximum Gasteiger partial charge on any atom is 0.416 e. The van der Waals surface area contributed by atoms with Gasteiger partial charge in [0.15, 0.2) is 11.5 Å². The van der Waals surface area contributed by atoms with E-state index < -0.39 is 17.6 Å². The van der Waals surface area contributed by atoms with Crippen LogP contribution in [0.5, 0.6) is 17.2 Å². The number of halogens is 3. The summed E-state index contributed by atoms with van der Waals surface area (Å²) in [4.78, 5) is 27.6. The number of nitrogens with one attached hydrogen (secondary N) is 1. The third-order valence-corrected chi connectivity index (χ3v) is 5.52. The van der Waals surface area contributed by atoms with E-state index in [1.54, 1.807) is 0 Å². The molecule has 0 unspecified atom stereocenters. The van der Waals surface area contributed by atoms with Gasteiger partial charge in [0.05, 0.1) is 26.9 Å². The zero-order chi connectivity index (χ0) is 27.0. The van der Waals surface area contributed by atoms with E-state index in [2.05, 4.69) is 5.32 Å². The summed E-state index contributed by atoms with van der Waals surface area (Å²) in [5.74, 6) is 0.142. The predicted molar refractivity (Wildman–Crippen MR) is 132 cm³/mol. The van der Waals surface area contributed by atoms with Gasteiger partial charge in [-0.25, -0.2) is 0 Å². The van der Waals surface area contributed by atoms with Crippen LogP contribution in [0.15, 0.2) is 66.7 Å². The van der Waals surface area contributed by atoms with E-state index in [4.69, 9.17) is 14.2 Å². The van der Waals surface area contributed by atoms with Gasteiger partial charge in [-0.05, 0) is 42.0 Å². The van der Waals surface area contributed by atoms with Crippen molar-refractivity contribution in [3.8, 4) is 17.2 Å². The molecule has 0 heterocycles. The molecule has 0 saturated heterocycles. The Morgan fingerprint density at radius 3 is 1.97 bits per heavy atom. The van der Waals surface area contributed by atoms with Crippen molar-refractivity contribution in [3.05, 3.63) is 83.4 Å². The van der Waals surface area contributed by atoms with Crippen molar-refractivity contribution in [2.75, 3.05) is 33.2 Å². The highest BCUT2D eigenvalue weighted by Crippen LogP contribution is 2.38. The number of rotatable bonds is 10. The fraction of sp³-hybridized carbons (Fsp3) is 0.259. The lowest BCUT2D eigenvalue weighted by Crippen LogP contribution is -2.33. The predicted octanol–water partition coefficient (Wildman–Crippen LogP) is 5.40. The second-order valence-electron chi connectivity index (χ2n) is 8.00. The van der Waals surface area contributed by atoms with Gasteiger partial charge in [-0.2, -0.15) is 13.2 Å². The lowest BCUT2D eigenvalue weighted by Gasteiger charge is -2.24. The fourth-order valence-corrected chi connectivity index (χ4v) is 3.65. The monoisotopic (exact) mass is 516 g/mol. The fourth-order valence-electron chi connectivity index (χ4n) is 3.65. The Morgan fingerprint density at radius 2 is 1.46 bits per heavy atom. The number of benzene rings is 3. The number of hydrogen-bond donors (Lipinski definition) is 1. The van der Waals surface area contributed by atoms with Crippen LogP contribution in [0.3, 0.4) is 0 Å². The number of alkyl halides is 3. The molecule has 0 atom stereocenters. The van der Waals surface area contributed by atoms with Crippen LogP contribution in [-0.4, -0.2) is 44.6 Å². The summed E-state index contributed by atoms with van der Waals surface area (Å²) in [7, 11) is 4.34. The van der Waals surface area contributed by atoms with Gasteiger partial charge in [0.25, 0.3) is 5.91 Å². The Kier molecular flexibility index (Phi) is 9.00. The molecule has 2 amide bonds. The van der Waals surface area contributed by atoms with Crippen molar-refractivity contribution in [3.63, 3.8) is 0 Å². The number of methoxy groups -OCH3 is 3. The van der Waals surface area contributed by atoms with Crippen molar-refractivity contribution in [2.24, 2.45) is 0 Å². The molecule has 0 aliphatic heterocycles. The molecule has 0 radical (unpaired) electrons. The molecular formula is C27H27F3N2O5. The quantitative estimate of drug-likeness (QED) is 0.390. The highest BCUT2D eigenvalue weighted by Gasteiger charge is 2.30. The molecule has 0 bridgehead atoms. The maximum absolute atomic E-state index is 13.5. The average molecular weight is 517 g/mol. The number of ether oxygens (including phenoxy) is 3. The summed E-state index contributed by atoms with van der Waals surface area (Å²) in [6.07, 6.45) is -4.54. The van der Waals surface area contributed by atoms with Crippen molar-refractivity contribution < 1.29 is 37.0 Å². The number of carbonyl (C=O) groups excluding carboxylic acids is 2. The van der Waals surface area contributed by atoms with E-state index in [0.29, 0.717) is 17.2 Å². The Hall–Kier alpha value is -4.21. The van der Waals surface area contributed by atoms with Crippen molar-refractivity contribution in [1.82, 2.24) is 4.90 Å². The van der Waals surface area contributed by atoms with Crippen LogP contribution < -0.4 is 19.5 Å². The number of hydrogen-bond acceptors (Lipinski definition) is 5. The topological polar surface area (TPSA) is 77.1 Å². The largest absolute Gasteiger partial charge is 0.493 e. The molecule has 0 spiro atoms. The minimum absolute atomic E-state index is 0.0524. The van der Waals surface area contributed by atoms with Gasteiger partial charge >= 0.3 is 6.18 Å². The van der Waals surface area contributed by atoms with E-state index in [9.17, 15) is 22.8 Å². The lowest BCUT2D eigenvalue weighted by molar-refractivity contribution is -0.137. The van der Waals surface area contributed by atoms with Crippen LogP contribution in [-0.2, 0) is 17.5 Å². The zero-order valence-electron chi connectivity index (χ0n) is 20.6. The normalized spacial score (nSPS) is 11.0. The van der Waals surface area contributed by atoms with Crippen LogP contribution in [0.4, 0.5) is 18.9 Å². The van der Waals surface area contributed by atoms with E-state index in [0.717, 1.165) is 17.7 Å². The molecule has 0 aliphatic rings. The van der Waals surface area contributed by atoms with Gasteiger partial charge in [0, 0.05) is 30.8 Å². The second-order valence-corrected chi connectivity index (χ2v) is 8.00. The molecule has 3 aromatic carbocycles. The highest BCUT2D eigenvalue weighted by molar-refractivity contribution is 5.96. The van der Waals surface area contributed by atoms with E-state index in [1.807, 2.05) is 30.3 Å². The van der Waals surface area contributed by atoms with Crippen LogP contribution >= 0.6 is 0 Å². The van der Waals surface area contributed by atoms with Gasteiger partial charge in [-0.15, -0.1) is 0 Å². The SMILES string of the molecule is COc1cc(C(=O)N(CCC(=O)Nc2ccc(C(F)(F)F)cc2)Cc2ccccc2)cc(OC)c1OC. The first kappa shape index (κ1) is 27.4. The van der Waals surface area contributed by atoms with Gasteiger partial charge < -0.3 is 24.4 Å². The van der Waals surface area contributed by atoms with Crippen molar-refractivity contribution in [1.29, 1.82) is 0 Å². The number of nitrogens with zero attached hydrogens (tertiary/aromatic N) is 1.